The SMILES string of the molecule is CN1CCc2c(sc3c2C(=O)N[C@@H](c2cccn2C)N3)C1. The van der Waals surface area contributed by atoms with Crippen molar-refractivity contribution in [2.24, 2.45) is 7.05 Å². The van der Waals surface area contributed by atoms with Crippen molar-refractivity contribution in [3.05, 3.63) is 40.0 Å². The first-order chi connectivity index (χ1) is 10.1. The first kappa shape index (κ1) is 12.9. The monoisotopic (exact) mass is 302 g/mol. The number of rotatable bonds is 1. The van der Waals surface area contributed by atoms with E-state index in [1.54, 1.807) is 11.3 Å². The molecule has 1 amide bonds. The van der Waals surface area contributed by atoms with E-state index in [1.807, 2.05) is 29.9 Å². The first-order valence-electron chi connectivity index (χ1n) is 7.15. The number of fused-ring (bicyclic) bond motifs is 3. The number of nitrogens with one attached hydrogen (secondary N) is 2. The van der Waals surface area contributed by atoms with E-state index in [0.717, 1.165) is 35.8 Å². The van der Waals surface area contributed by atoms with Crippen molar-refractivity contribution < 1.29 is 4.79 Å². The zero-order valence-electron chi connectivity index (χ0n) is 12.1. The van der Waals surface area contributed by atoms with E-state index >= 15 is 0 Å². The van der Waals surface area contributed by atoms with Crippen molar-refractivity contribution in [1.29, 1.82) is 0 Å². The molecule has 21 heavy (non-hydrogen) atoms. The van der Waals surface area contributed by atoms with Gasteiger partial charge in [-0.05, 0) is 31.2 Å². The van der Waals surface area contributed by atoms with Gasteiger partial charge in [0, 0.05) is 31.2 Å². The summed E-state index contributed by atoms with van der Waals surface area (Å²) in [6.45, 7) is 1.96. The molecule has 0 saturated carbocycles. The normalized spacial score (nSPS) is 21.4. The van der Waals surface area contributed by atoms with E-state index in [-0.39, 0.29) is 12.1 Å². The molecular weight excluding hydrogens is 284 g/mol. The highest BCUT2D eigenvalue weighted by atomic mass is 32.1. The van der Waals surface area contributed by atoms with Crippen molar-refractivity contribution in [2.45, 2.75) is 19.1 Å². The summed E-state index contributed by atoms with van der Waals surface area (Å²) in [6, 6.07) is 4.03. The van der Waals surface area contributed by atoms with E-state index in [9.17, 15) is 4.79 Å². The summed E-state index contributed by atoms with van der Waals surface area (Å²) in [5.74, 6) is 0.0528. The molecule has 0 aliphatic carbocycles. The van der Waals surface area contributed by atoms with Crippen LogP contribution in [0, 0.1) is 0 Å². The molecule has 0 spiro atoms. The van der Waals surface area contributed by atoms with Crippen LogP contribution in [0.5, 0.6) is 0 Å². The minimum atomic E-state index is -0.150. The highest BCUT2D eigenvalue weighted by Crippen LogP contribution is 2.40. The van der Waals surface area contributed by atoms with Crippen LogP contribution in [0.1, 0.15) is 32.7 Å². The number of nitrogens with zero attached hydrogens (tertiary/aromatic N) is 2. The molecule has 0 saturated heterocycles. The minimum absolute atomic E-state index is 0.0528. The number of anilines is 1. The third kappa shape index (κ3) is 1.98. The lowest BCUT2D eigenvalue weighted by Gasteiger charge is -2.27. The van der Waals surface area contributed by atoms with E-state index in [2.05, 4.69) is 22.6 Å². The summed E-state index contributed by atoms with van der Waals surface area (Å²) in [6.07, 6.45) is 2.80. The van der Waals surface area contributed by atoms with Crippen molar-refractivity contribution in [3.63, 3.8) is 0 Å². The molecule has 4 rings (SSSR count). The number of hydrogen-bond acceptors (Lipinski definition) is 4. The van der Waals surface area contributed by atoms with Gasteiger partial charge in [0.15, 0.2) is 0 Å². The van der Waals surface area contributed by atoms with Crippen LogP contribution in [-0.4, -0.2) is 29.0 Å². The Kier molecular flexibility index (Phi) is 2.83. The molecular formula is C15H18N4OS. The summed E-state index contributed by atoms with van der Waals surface area (Å²) in [5.41, 5.74) is 3.18. The number of carbonyl (C=O) groups is 1. The van der Waals surface area contributed by atoms with E-state index in [1.165, 1.54) is 10.4 Å². The molecule has 5 nitrogen and oxygen atoms in total. The van der Waals surface area contributed by atoms with Crippen molar-refractivity contribution in [2.75, 3.05) is 18.9 Å². The summed E-state index contributed by atoms with van der Waals surface area (Å²) >= 11 is 1.73. The van der Waals surface area contributed by atoms with Crippen LogP contribution in [0.15, 0.2) is 18.3 Å². The topological polar surface area (TPSA) is 49.3 Å². The second-order valence-corrected chi connectivity index (χ2v) is 6.90. The van der Waals surface area contributed by atoms with Gasteiger partial charge in [0.2, 0.25) is 0 Å². The van der Waals surface area contributed by atoms with Crippen LogP contribution in [0.3, 0.4) is 0 Å². The van der Waals surface area contributed by atoms with Crippen LogP contribution in [0.4, 0.5) is 5.00 Å². The lowest BCUT2D eigenvalue weighted by atomic mass is 10.0. The summed E-state index contributed by atoms with van der Waals surface area (Å²) in [7, 11) is 4.12. The number of aromatic nitrogens is 1. The summed E-state index contributed by atoms with van der Waals surface area (Å²) < 4.78 is 2.03. The quantitative estimate of drug-likeness (QED) is 0.846. The molecule has 1 atom stereocenters. The lowest BCUT2D eigenvalue weighted by molar-refractivity contribution is 0.0933. The molecule has 2 aliphatic rings. The Labute approximate surface area is 127 Å². The number of likely N-dealkylation sites (N-methyl/N-ethyl adjacent to an activating group) is 1. The highest BCUT2D eigenvalue weighted by Gasteiger charge is 2.33. The van der Waals surface area contributed by atoms with E-state index < -0.39 is 0 Å². The summed E-state index contributed by atoms with van der Waals surface area (Å²) in [4.78, 5) is 16.2. The van der Waals surface area contributed by atoms with Crippen molar-refractivity contribution >= 4 is 22.2 Å². The molecule has 0 radical (unpaired) electrons. The zero-order valence-corrected chi connectivity index (χ0v) is 13.0. The molecule has 2 aromatic heterocycles. The zero-order chi connectivity index (χ0) is 14.6. The fourth-order valence-corrected chi connectivity index (χ4v) is 4.52. The predicted octanol–water partition coefficient (Wildman–Crippen LogP) is 1.93. The molecule has 110 valence electrons. The Morgan fingerprint density at radius 2 is 2.19 bits per heavy atom. The molecule has 0 bridgehead atoms. The van der Waals surface area contributed by atoms with E-state index in [0.29, 0.717) is 0 Å². The number of thiophene rings is 1. The van der Waals surface area contributed by atoms with Gasteiger partial charge >= 0.3 is 0 Å². The van der Waals surface area contributed by atoms with Gasteiger partial charge in [-0.2, -0.15) is 0 Å². The Balaban J connectivity index is 1.73. The van der Waals surface area contributed by atoms with Crippen LogP contribution in [0.2, 0.25) is 0 Å². The van der Waals surface area contributed by atoms with Crippen LogP contribution in [-0.2, 0) is 20.0 Å². The van der Waals surface area contributed by atoms with Gasteiger partial charge in [0.05, 0.1) is 11.3 Å². The fraction of sp³-hybridized carbons (Fsp3) is 0.400. The van der Waals surface area contributed by atoms with Gasteiger partial charge in [-0.15, -0.1) is 11.3 Å². The predicted molar refractivity (Wildman–Crippen MR) is 83.6 cm³/mol. The van der Waals surface area contributed by atoms with Crippen molar-refractivity contribution in [3.8, 4) is 0 Å². The van der Waals surface area contributed by atoms with Gasteiger partial charge in [0.25, 0.3) is 5.91 Å². The number of hydrogen-bond donors (Lipinski definition) is 2. The van der Waals surface area contributed by atoms with Gasteiger partial charge in [-0.3, -0.25) is 4.79 Å². The Bertz CT molecular complexity index is 717. The molecule has 2 aromatic rings. The standard InChI is InChI=1S/C15H18N4OS/c1-18-7-5-9-11(8-18)21-15-12(9)14(20)16-13(17-15)10-4-3-6-19(10)2/h3-4,6,13,17H,5,7-8H2,1-2H3,(H,16,20)/t13-/m1/s1. The fourth-order valence-electron chi connectivity index (χ4n) is 3.17. The van der Waals surface area contributed by atoms with Crippen molar-refractivity contribution in [1.82, 2.24) is 14.8 Å². The van der Waals surface area contributed by atoms with Gasteiger partial charge in [-0.25, -0.2) is 0 Å². The Morgan fingerprint density at radius 3 is 2.95 bits per heavy atom. The molecule has 0 unspecified atom stereocenters. The average Bonchev–Trinajstić information content (AvgIpc) is 3.01. The first-order valence-corrected chi connectivity index (χ1v) is 7.97. The molecule has 0 aromatic carbocycles. The number of aryl methyl sites for hydroxylation is 1. The Hall–Kier alpha value is -1.79. The maximum atomic E-state index is 12.5. The van der Waals surface area contributed by atoms with Gasteiger partial charge in [0.1, 0.15) is 11.2 Å². The molecule has 0 fully saturated rings. The van der Waals surface area contributed by atoms with Crippen LogP contribution < -0.4 is 10.6 Å². The number of amides is 1. The second-order valence-electron chi connectivity index (χ2n) is 5.79. The number of carbonyl (C=O) groups excluding carboxylic acids is 1. The van der Waals surface area contributed by atoms with Gasteiger partial charge < -0.3 is 20.1 Å². The molecule has 2 N–H and O–H groups in total. The molecule has 2 aliphatic heterocycles. The van der Waals surface area contributed by atoms with Crippen LogP contribution >= 0.6 is 11.3 Å². The van der Waals surface area contributed by atoms with E-state index in [4.69, 9.17) is 0 Å². The van der Waals surface area contributed by atoms with Gasteiger partial charge in [-0.1, -0.05) is 0 Å². The second kappa shape index (κ2) is 4.61. The minimum Gasteiger partial charge on any atom is -0.351 e. The van der Waals surface area contributed by atoms with Crippen LogP contribution in [0.25, 0.3) is 0 Å². The third-order valence-electron chi connectivity index (χ3n) is 4.31. The molecule has 4 heterocycles. The largest absolute Gasteiger partial charge is 0.351 e. The molecule has 6 heteroatoms. The maximum absolute atomic E-state index is 12.5. The maximum Gasteiger partial charge on any atom is 0.256 e. The summed E-state index contributed by atoms with van der Waals surface area (Å²) in [5, 5.41) is 7.59. The highest BCUT2D eigenvalue weighted by molar-refractivity contribution is 7.16. The average molecular weight is 302 g/mol. The smallest absolute Gasteiger partial charge is 0.256 e. The Morgan fingerprint density at radius 1 is 1.33 bits per heavy atom. The third-order valence-corrected chi connectivity index (χ3v) is 5.45. The lowest BCUT2D eigenvalue weighted by Crippen LogP contribution is -2.39.